The summed E-state index contributed by atoms with van der Waals surface area (Å²) in [5.74, 6) is -0.224. The molecule has 1 N–H and O–H groups in total. The molecular formula is C13H12ClNO2S. The number of aromatic hydroxyl groups is 1. The van der Waals surface area contributed by atoms with Gasteiger partial charge in [-0.25, -0.2) is 4.98 Å². The Kier molecular flexibility index (Phi) is 3.68. The van der Waals surface area contributed by atoms with Crippen LogP contribution in [0.15, 0.2) is 18.2 Å². The molecule has 18 heavy (non-hydrogen) atoms. The molecule has 0 atom stereocenters. The van der Waals surface area contributed by atoms with Crippen LogP contribution in [0.25, 0.3) is 0 Å². The summed E-state index contributed by atoms with van der Waals surface area (Å²) in [6, 6.07) is 4.45. The molecule has 3 nitrogen and oxygen atoms in total. The minimum atomic E-state index is -0.177. The van der Waals surface area contributed by atoms with Gasteiger partial charge in [-0.1, -0.05) is 11.6 Å². The maximum atomic E-state index is 12.1. The maximum absolute atomic E-state index is 12.1. The van der Waals surface area contributed by atoms with Gasteiger partial charge in [0.25, 0.3) is 0 Å². The molecule has 0 saturated heterocycles. The molecule has 1 aromatic heterocycles. The number of hydrogen-bond donors (Lipinski definition) is 1. The molecule has 0 fully saturated rings. The van der Waals surface area contributed by atoms with E-state index in [1.54, 1.807) is 6.07 Å². The Morgan fingerprint density at radius 3 is 2.78 bits per heavy atom. The molecule has 5 heteroatoms. The number of Topliss-reactive ketones (excluding diaryl/α,β-unsaturated/α-hetero) is 1. The minimum Gasteiger partial charge on any atom is -0.507 e. The fourth-order valence-electron chi connectivity index (χ4n) is 1.58. The quantitative estimate of drug-likeness (QED) is 0.876. The van der Waals surface area contributed by atoms with Crippen molar-refractivity contribution in [2.75, 3.05) is 0 Å². The summed E-state index contributed by atoms with van der Waals surface area (Å²) >= 11 is 7.32. The van der Waals surface area contributed by atoms with Crippen LogP contribution in [-0.2, 0) is 6.42 Å². The summed E-state index contributed by atoms with van der Waals surface area (Å²) in [5, 5.41) is 10.8. The molecule has 0 aliphatic rings. The summed E-state index contributed by atoms with van der Waals surface area (Å²) < 4.78 is 0. The second kappa shape index (κ2) is 5.08. The first-order valence-corrected chi connectivity index (χ1v) is 6.61. The van der Waals surface area contributed by atoms with Gasteiger partial charge in [-0.05, 0) is 32.0 Å². The largest absolute Gasteiger partial charge is 0.507 e. The Morgan fingerprint density at radius 1 is 1.44 bits per heavy atom. The number of aromatic nitrogens is 1. The first-order valence-electron chi connectivity index (χ1n) is 5.42. The highest BCUT2D eigenvalue weighted by molar-refractivity contribution is 7.11. The molecule has 0 saturated carbocycles. The molecule has 0 bridgehead atoms. The third-order valence-corrected chi connectivity index (χ3v) is 3.95. The maximum Gasteiger partial charge on any atom is 0.173 e. The topological polar surface area (TPSA) is 50.2 Å². The first kappa shape index (κ1) is 13.1. The van der Waals surface area contributed by atoms with Crippen molar-refractivity contribution in [2.24, 2.45) is 0 Å². The molecule has 2 aromatic rings. The van der Waals surface area contributed by atoms with E-state index in [0.717, 1.165) is 15.6 Å². The van der Waals surface area contributed by atoms with Crippen LogP contribution in [0.1, 0.15) is 25.9 Å². The average Bonchev–Trinajstić information content (AvgIpc) is 2.61. The van der Waals surface area contributed by atoms with Crippen LogP contribution in [0, 0.1) is 13.8 Å². The van der Waals surface area contributed by atoms with Gasteiger partial charge in [0.1, 0.15) is 10.8 Å². The average molecular weight is 282 g/mol. The first-order chi connectivity index (χ1) is 8.47. The molecule has 0 unspecified atom stereocenters. The molecule has 2 rings (SSSR count). The highest BCUT2D eigenvalue weighted by Gasteiger charge is 2.15. The number of hydrogen-bond acceptors (Lipinski definition) is 4. The van der Waals surface area contributed by atoms with Crippen LogP contribution in [0.5, 0.6) is 5.75 Å². The fraction of sp³-hybridized carbons (Fsp3) is 0.231. The zero-order chi connectivity index (χ0) is 13.3. The van der Waals surface area contributed by atoms with Crippen LogP contribution in [-0.4, -0.2) is 15.9 Å². The third-order valence-electron chi connectivity index (χ3n) is 2.64. The number of aryl methyl sites for hydroxylation is 2. The Balaban J connectivity index is 2.24. The van der Waals surface area contributed by atoms with Gasteiger partial charge in [-0.2, -0.15) is 0 Å². The number of halogens is 1. The van der Waals surface area contributed by atoms with E-state index in [2.05, 4.69) is 4.98 Å². The molecule has 0 spiro atoms. The lowest BCUT2D eigenvalue weighted by Crippen LogP contribution is -2.03. The van der Waals surface area contributed by atoms with E-state index >= 15 is 0 Å². The number of benzene rings is 1. The standard InChI is InChI=1S/C13H12ClNO2S/c1-7-8(2)18-13(15-7)6-12(17)10-5-9(14)3-4-11(10)16/h3-5,16H,6H2,1-2H3. The van der Waals surface area contributed by atoms with Crippen LogP contribution in [0.4, 0.5) is 0 Å². The highest BCUT2D eigenvalue weighted by atomic mass is 35.5. The van der Waals surface area contributed by atoms with Gasteiger partial charge in [-0.15, -0.1) is 11.3 Å². The van der Waals surface area contributed by atoms with Crippen molar-refractivity contribution >= 4 is 28.7 Å². The zero-order valence-electron chi connectivity index (χ0n) is 10.0. The Bertz CT molecular complexity index is 588. The van der Waals surface area contributed by atoms with Crippen molar-refractivity contribution in [1.82, 2.24) is 4.98 Å². The molecule has 1 heterocycles. The van der Waals surface area contributed by atoms with Gasteiger partial charge in [0.15, 0.2) is 5.78 Å². The van der Waals surface area contributed by atoms with E-state index < -0.39 is 0 Å². The van der Waals surface area contributed by atoms with E-state index in [0.29, 0.717) is 5.02 Å². The van der Waals surface area contributed by atoms with E-state index in [-0.39, 0.29) is 23.5 Å². The van der Waals surface area contributed by atoms with Crippen LogP contribution in [0.3, 0.4) is 0 Å². The number of phenols is 1. The third kappa shape index (κ3) is 2.71. The monoisotopic (exact) mass is 281 g/mol. The van der Waals surface area contributed by atoms with Crippen molar-refractivity contribution in [3.63, 3.8) is 0 Å². The normalized spacial score (nSPS) is 10.6. The number of phenolic OH excluding ortho intramolecular Hbond substituents is 1. The summed E-state index contributed by atoms with van der Waals surface area (Å²) in [4.78, 5) is 17.5. The van der Waals surface area contributed by atoms with E-state index in [1.165, 1.54) is 23.5 Å². The van der Waals surface area contributed by atoms with Crippen molar-refractivity contribution in [2.45, 2.75) is 20.3 Å². The second-order valence-corrected chi connectivity index (χ2v) is 5.73. The number of carbonyl (C=O) groups excluding carboxylic acids is 1. The zero-order valence-corrected chi connectivity index (χ0v) is 11.6. The molecule has 0 radical (unpaired) electrons. The number of ketones is 1. The van der Waals surface area contributed by atoms with Gasteiger partial charge >= 0.3 is 0 Å². The molecule has 94 valence electrons. The Morgan fingerprint density at radius 2 is 2.17 bits per heavy atom. The van der Waals surface area contributed by atoms with Crippen LogP contribution >= 0.6 is 22.9 Å². The number of rotatable bonds is 3. The lowest BCUT2D eigenvalue weighted by molar-refractivity contribution is 0.0990. The van der Waals surface area contributed by atoms with Gasteiger partial charge in [-0.3, -0.25) is 4.79 Å². The van der Waals surface area contributed by atoms with E-state index in [1.807, 2.05) is 13.8 Å². The SMILES string of the molecule is Cc1nc(CC(=O)c2cc(Cl)ccc2O)sc1C. The number of nitrogens with zero attached hydrogens (tertiary/aromatic N) is 1. The van der Waals surface area contributed by atoms with E-state index in [9.17, 15) is 9.90 Å². The van der Waals surface area contributed by atoms with Gasteiger partial charge in [0, 0.05) is 9.90 Å². The second-order valence-electron chi connectivity index (χ2n) is 4.01. The van der Waals surface area contributed by atoms with Crippen molar-refractivity contribution < 1.29 is 9.90 Å². The number of carbonyl (C=O) groups is 1. The Labute approximate surface area is 114 Å². The smallest absolute Gasteiger partial charge is 0.173 e. The van der Waals surface area contributed by atoms with Gasteiger partial charge < -0.3 is 5.11 Å². The van der Waals surface area contributed by atoms with E-state index in [4.69, 9.17) is 11.6 Å². The summed E-state index contributed by atoms with van der Waals surface area (Å²) in [7, 11) is 0. The molecule has 1 aromatic carbocycles. The Hall–Kier alpha value is -1.39. The highest BCUT2D eigenvalue weighted by Crippen LogP contribution is 2.24. The van der Waals surface area contributed by atoms with Crippen LogP contribution < -0.4 is 0 Å². The fourth-order valence-corrected chi connectivity index (χ4v) is 2.68. The predicted molar refractivity (Wildman–Crippen MR) is 72.7 cm³/mol. The van der Waals surface area contributed by atoms with Gasteiger partial charge in [0.2, 0.25) is 0 Å². The van der Waals surface area contributed by atoms with Crippen molar-refractivity contribution in [3.8, 4) is 5.75 Å². The van der Waals surface area contributed by atoms with Crippen molar-refractivity contribution in [1.29, 1.82) is 0 Å². The molecule has 0 aliphatic heterocycles. The summed E-state index contributed by atoms with van der Waals surface area (Å²) in [6.07, 6.45) is 0.188. The molecule has 0 amide bonds. The minimum absolute atomic E-state index is 0.0469. The summed E-state index contributed by atoms with van der Waals surface area (Å²) in [5.41, 5.74) is 1.19. The summed E-state index contributed by atoms with van der Waals surface area (Å²) in [6.45, 7) is 3.88. The molecular weight excluding hydrogens is 270 g/mol. The van der Waals surface area contributed by atoms with Gasteiger partial charge in [0.05, 0.1) is 17.7 Å². The lowest BCUT2D eigenvalue weighted by Gasteiger charge is -2.02. The van der Waals surface area contributed by atoms with Crippen LogP contribution in [0.2, 0.25) is 5.02 Å². The number of thiazole rings is 1. The predicted octanol–water partition coefficient (Wildman–Crippen LogP) is 3.54. The molecule has 0 aliphatic carbocycles. The van der Waals surface area contributed by atoms with Crippen molar-refractivity contribution in [3.05, 3.63) is 44.4 Å². The lowest BCUT2D eigenvalue weighted by atomic mass is 10.1.